The Labute approximate surface area is 122 Å². The lowest BCUT2D eigenvalue weighted by molar-refractivity contribution is -0.127. The van der Waals surface area contributed by atoms with Crippen LogP contribution in [-0.2, 0) is 4.79 Å². The molecule has 0 aromatic heterocycles. The molecule has 2 atom stereocenters. The summed E-state index contributed by atoms with van der Waals surface area (Å²) in [4.78, 5) is 17.0. The van der Waals surface area contributed by atoms with E-state index >= 15 is 0 Å². The Morgan fingerprint density at radius 3 is 2.25 bits per heavy atom. The Hall–Kier alpha value is -0.650. The highest BCUT2D eigenvalue weighted by Gasteiger charge is 2.28. The summed E-state index contributed by atoms with van der Waals surface area (Å²) in [6.45, 7) is 8.86. The summed E-state index contributed by atoms with van der Waals surface area (Å²) in [5, 5.41) is 3.21. The van der Waals surface area contributed by atoms with Crippen LogP contribution in [0.1, 0.15) is 39.5 Å². The molecule has 3 N–H and O–H groups in total. The molecule has 1 saturated carbocycles. The molecular weight excluding hydrogens is 252 g/mol. The van der Waals surface area contributed by atoms with Gasteiger partial charge in [0.25, 0.3) is 0 Å². The topological polar surface area (TPSA) is 61.6 Å². The molecule has 1 heterocycles. The third-order valence-electron chi connectivity index (χ3n) is 4.94. The Bertz CT molecular complexity index is 309. The molecule has 0 aromatic rings. The van der Waals surface area contributed by atoms with Crippen LogP contribution >= 0.6 is 0 Å². The molecule has 1 aliphatic carbocycles. The van der Waals surface area contributed by atoms with Crippen molar-refractivity contribution in [3.8, 4) is 0 Å². The van der Waals surface area contributed by atoms with E-state index in [4.69, 9.17) is 5.73 Å². The van der Waals surface area contributed by atoms with Crippen molar-refractivity contribution in [1.82, 2.24) is 15.1 Å². The van der Waals surface area contributed by atoms with Crippen molar-refractivity contribution in [2.45, 2.75) is 57.7 Å². The first kappa shape index (κ1) is 15.7. The summed E-state index contributed by atoms with van der Waals surface area (Å²) in [7, 11) is 0. The van der Waals surface area contributed by atoms with E-state index in [2.05, 4.69) is 22.0 Å². The minimum atomic E-state index is -0.00840. The molecule has 5 nitrogen and oxygen atoms in total. The molecule has 0 radical (unpaired) electrons. The first-order valence-corrected chi connectivity index (χ1v) is 8.10. The zero-order valence-corrected chi connectivity index (χ0v) is 13.0. The van der Waals surface area contributed by atoms with Crippen LogP contribution in [0, 0.1) is 0 Å². The SMILES string of the molecule is CC(CN)N1CCN(C(C)C(=O)NC2CCCC2)CC1. The number of nitrogens with one attached hydrogen (secondary N) is 1. The number of nitrogens with two attached hydrogens (primary N) is 1. The fourth-order valence-corrected chi connectivity index (χ4v) is 3.27. The molecule has 1 aliphatic heterocycles. The van der Waals surface area contributed by atoms with Gasteiger partial charge in [-0.05, 0) is 26.7 Å². The third-order valence-corrected chi connectivity index (χ3v) is 4.94. The lowest BCUT2D eigenvalue weighted by atomic mass is 10.1. The van der Waals surface area contributed by atoms with Gasteiger partial charge in [-0.15, -0.1) is 0 Å². The lowest BCUT2D eigenvalue weighted by Crippen LogP contribution is -2.56. The van der Waals surface area contributed by atoms with Gasteiger partial charge in [0.15, 0.2) is 0 Å². The van der Waals surface area contributed by atoms with Crippen molar-refractivity contribution in [2.75, 3.05) is 32.7 Å². The van der Waals surface area contributed by atoms with Gasteiger partial charge < -0.3 is 11.1 Å². The van der Waals surface area contributed by atoms with Gasteiger partial charge in [-0.2, -0.15) is 0 Å². The molecule has 1 saturated heterocycles. The standard InChI is InChI=1S/C15H30N4O/c1-12(11-16)18-7-9-19(10-8-18)13(2)15(20)17-14-5-3-4-6-14/h12-14H,3-11,16H2,1-2H3,(H,17,20). The van der Waals surface area contributed by atoms with E-state index in [1.807, 2.05) is 6.92 Å². The van der Waals surface area contributed by atoms with E-state index in [0.717, 1.165) is 39.0 Å². The maximum absolute atomic E-state index is 12.3. The minimum absolute atomic E-state index is 0.00840. The van der Waals surface area contributed by atoms with Crippen molar-refractivity contribution in [3.05, 3.63) is 0 Å². The Kier molecular flexibility index (Phi) is 5.81. The van der Waals surface area contributed by atoms with Gasteiger partial charge in [0.1, 0.15) is 0 Å². The quantitative estimate of drug-likeness (QED) is 0.766. The summed E-state index contributed by atoms with van der Waals surface area (Å²) >= 11 is 0. The maximum Gasteiger partial charge on any atom is 0.237 e. The van der Waals surface area contributed by atoms with Crippen LogP contribution in [0.15, 0.2) is 0 Å². The summed E-state index contributed by atoms with van der Waals surface area (Å²) in [6, 6.07) is 0.856. The number of hydrogen-bond acceptors (Lipinski definition) is 4. The fourth-order valence-electron chi connectivity index (χ4n) is 3.27. The molecule has 116 valence electrons. The van der Waals surface area contributed by atoms with Crippen molar-refractivity contribution < 1.29 is 4.79 Å². The molecule has 20 heavy (non-hydrogen) atoms. The Morgan fingerprint density at radius 2 is 1.70 bits per heavy atom. The van der Waals surface area contributed by atoms with Crippen LogP contribution in [0.2, 0.25) is 0 Å². The zero-order valence-electron chi connectivity index (χ0n) is 13.0. The number of hydrogen-bond donors (Lipinski definition) is 2. The van der Waals surface area contributed by atoms with Gasteiger partial charge in [-0.25, -0.2) is 0 Å². The predicted octanol–water partition coefficient (Wildman–Crippen LogP) is 0.399. The highest BCUT2D eigenvalue weighted by atomic mass is 16.2. The van der Waals surface area contributed by atoms with Crippen molar-refractivity contribution >= 4 is 5.91 Å². The summed E-state index contributed by atoms with van der Waals surface area (Å²) < 4.78 is 0. The van der Waals surface area contributed by atoms with Crippen molar-refractivity contribution in [3.63, 3.8) is 0 Å². The second-order valence-electron chi connectivity index (χ2n) is 6.32. The number of carbonyl (C=O) groups is 1. The van der Waals surface area contributed by atoms with Gasteiger partial charge in [-0.1, -0.05) is 12.8 Å². The zero-order chi connectivity index (χ0) is 14.5. The first-order valence-electron chi connectivity index (χ1n) is 8.10. The average molecular weight is 282 g/mol. The molecule has 2 unspecified atom stereocenters. The normalized spacial score (nSPS) is 25.6. The Balaban J connectivity index is 1.75. The van der Waals surface area contributed by atoms with E-state index in [1.54, 1.807) is 0 Å². The number of piperazine rings is 1. The highest BCUT2D eigenvalue weighted by Crippen LogP contribution is 2.18. The van der Waals surface area contributed by atoms with E-state index in [1.165, 1.54) is 12.8 Å². The van der Waals surface area contributed by atoms with Crippen molar-refractivity contribution in [1.29, 1.82) is 0 Å². The molecule has 0 aromatic carbocycles. The molecule has 5 heteroatoms. The minimum Gasteiger partial charge on any atom is -0.352 e. The van der Waals surface area contributed by atoms with Crippen molar-refractivity contribution in [2.24, 2.45) is 5.73 Å². The highest BCUT2D eigenvalue weighted by molar-refractivity contribution is 5.81. The van der Waals surface area contributed by atoms with Crippen LogP contribution < -0.4 is 11.1 Å². The van der Waals surface area contributed by atoms with E-state index < -0.39 is 0 Å². The van der Waals surface area contributed by atoms with E-state index in [9.17, 15) is 4.79 Å². The molecule has 0 bridgehead atoms. The number of amides is 1. The van der Waals surface area contributed by atoms with Crippen LogP contribution in [0.5, 0.6) is 0 Å². The monoisotopic (exact) mass is 282 g/mol. The van der Waals surface area contributed by atoms with Gasteiger partial charge >= 0.3 is 0 Å². The molecule has 1 amide bonds. The fraction of sp³-hybridized carbons (Fsp3) is 0.933. The van der Waals surface area contributed by atoms with Crippen LogP contribution in [0.3, 0.4) is 0 Å². The largest absolute Gasteiger partial charge is 0.352 e. The van der Waals surface area contributed by atoms with Crippen LogP contribution in [0.4, 0.5) is 0 Å². The molecule has 2 aliphatic rings. The lowest BCUT2D eigenvalue weighted by Gasteiger charge is -2.40. The smallest absolute Gasteiger partial charge is 0.237 e. The predicted molar refractivity (Wildman–Crippen MR) is 81.5 cm³/mol. The molecule has 0 spiro atoms. The number of rotatable bonds is 5. The first-order chi connectivity index (χ1) is 9.61. The van der Waals surface area contributed by atoms with Gasteiger partial charge in [0.05, 0.1) is 6.04 Å². The van der Waals surface area contributed by atoms with Gasteiger partial charge in [-0.3, -0.25) is 14.6 Å². The van der Waals surface area contributed by atoms with Crippen LogP contribution in [0.25, 0.3) is 0 Å². The number of carbonyl (C=O) groups excluding carboxylic acids is 1. The molecule has 2 fully saturated rings. The maximum atomic E-state index is 12.3. The Morgan fingerprint density at radius 1 is 1.15 bits per heavy atom. The molecule has 2 rings (SSSR count). The molecular formula is C15H30N4O. The van der Waals surface area contributed by atoms with Gasteiger partial charge in [0, 0.05) is 44.8 Å². The summed E-state index contributed by atoms with van der Waals surface area (Å²) in [6.07, 6.45) is 4.82. The third kappa shape index (κ3) is 3.93. The number of nitrogens with zero attached hydrogens (tertiary/aromatic N) is 2. The average Bonchev–Trinajstić information content (AvgIpc) is 2.98. The second kappa shape index (κ2) is 7.38. The summed E-state index contributed by atoms with van der Waals surface area (Å²) in [5.74, 6) is 0.206. The van der Waals surface area contributed by atoms with Crippen LogP contribution in [-0.4, -0.2) is 66.6 Å². The summed E-state index contributed by atoms with van der Waals surface area (Å²) in [5.41, 5.74) is 5.72. The second-order valence-corrected chi connectivity index (χ2v) is 6.32. The van der Waals surface area contributed by atoms with Gasteiger partial charge in [0.2, 0.25) is 5.91 Å². The van der Waals surface area contributed by atoms with E-state index in [-0.39, 0.29) is 11.9 Å². The van der Waals surface area contributed by atoms with E-state index in [0.29, 0.717) is 18.6 Å².